The van der Waals surface area contributed by atoms with E-state index in [0.717, 1.165) is 26.8 Å². The van der Waals surface area contributed by atoms with Crippen molar-refractivity contribution in [2.75, 3.05) is 4.90 Å². The molecule has 0 saturated heterocycles. The Kier molecular flexibility index (Phi) is 2.69. The fourth-order valence-electron chi connectivity index (χ4n) is 2.92. The number of rotatable bonds is 1. The van der Waals surface area contributed by atoms with Crippen molar-refractivity contribution in [2.24, 2.45) is 7.05 Å². The van der Waals surface area contributed by atoms with E-state index in [2.05, 4.69) is 38.7 Å². The van der Waals surface area contributed by atoms with Crippen LogP contribution in [0.4, 0.5) is 5.69 Å². The van der Waals surface area contributed by atoms with Crippen LogP contribution in [0.15, 0.2) is 53.1 Å². The number of amides is 1. The number of carbonyl (C=O) groups excluding carboxylic acids is 1. The molecule has 1 aliphatic heterocycles. The molecule has 3 nitrogen and oxygen atoms in total. The summed E-state index contributed by atoms with van der Waals surface area (Å²) in [7, 11) is 2.02. The maximum atomic E-state index is 12.6. The van der Waals surface area contributed by atoms with Crippen LogP contribution in [0.25, 0.3) is 10.9 Å². The molecule has 2 aromatic carbocycles. The van der Waals surface area contributed by atoms with Crippen LogP contribution in [0.2, 0.25) is 0 Å². The Labute approximate surface area is 130 Å². The Morgan fingerprint density at radius 1 is 1.10 bits per heavy atom. The third-order valence-electron chi connectivity index (χ3n) is 4.05. The molecule has 0 fully saturated rings. The molecule has 0 spiro atoms. The molecule has 0 unspecified atom stereocenters. The van der Waals surface area contributed by atoms with Crippen LogP contribution in [0, 0.1) is 0 Å². The van der Waals surface area contributed by atoms with Crippen molar-refractivity contribution in [3.8, 4) is 0 Å². The number of halogens is 1. The first-order chi connectivity index (χ1) is 10.1. The monoisotopic (exact) mass is 340 g/mol. The van der Waals surface area contributed by atoms with Gasteiger partial charge in [-0.15, -0.1) is 0 Å². The lowest BCUT2D eigenvalue weighted by molar-refractivity contribution is 0.0996. The van der Waals surface area contributed by atoms with E-state index in [1.54, 1.807) is 0 Å². The molecule has 2 heterocycles. The summed E-state index contributed by atoms with van der Waals surface area (Å²) in [5.74, 6) is 0.0751. The molecule has 1 aliphatic rings. The lowest BCUT2D eigenvalue weighted by Gasteiger charge is -2.16. The molecular weight excluding hydrogens is 328 g/mol. The third kappa shape index (κ3) is 1.90. The van der Waals surface area contributed by atoms with Gasteiger partial charge >= 0.3 is 0 Å². The topological polar surface area (TPSA) is 25.2 Å². The highest BCUT2D eigenvalue weighted by atomic mass is 79.9. The number of aryl methyl sites for hydroxylation is 1. The SMILES string of the molecule is Cn1ccc2ccc(N3Cc4cc(Br)ccc4C3=O)cc21. The quantitative estimate of drug-likeness (QED) is 0.654. The number of hydrogen-bond donors (Lipinski definition) is 0. The lowest BCUT2D eigenvalue weighted by Crippen LogP contribution is -2.22. The van der Waals surface area contributed by atoms with Crippen molar-refractivity contribution in [3.63, 3.8) is 0 Å². The highest BCUT2D eigenvalue weighted by Crippen LogP contribution is 2.31. The van der Waals surface area contributed by atoms with Gasteiger partial charge in [0.25, 0.3) is 5.91 Å². The summed E-state index contributed by atoms with van der Waals surface area (Å²) in [6, 6.07) is 14.1. The number of fused-ring (bicyclic) bond motifs is 2. The van der Waals surface area contributed by atoms with Gasteiger partial charge in [0.2, 0.25) is 0 Å². The summed E-state index contributed by atoms with van der Waals surface area (Å²) in [5, 5.41) is 1.19. The summed E-state index contributed by atoms with van der Waals surface area (Å²) in [6.45, 7) is 0.629. The van der Waals surface area contributed by atoms with Gasteiger partial charge in [-0.05, 0) is 47.3 Å². The van der Waals surface area contributed by atoms with Crippen LogP contribution in [0.3, 0.4) is 0 Å². The second-order valence-corrected chi connectivity index (χ2v) is 6.28. The van der Waals surface area contributed by atoms with Crippen molar-refractivity contribution in [2.45, 2.75) is 6.54 Å². The van der Waals surface area contributed by atoms with E-state index in [9.17, 15) is 4.79 Å². The predicted molar refractivity (Wildman–Crippen MR) is 87.6 cm³/mol. The summed E-state index contributed by atoms with van der Waals surface area (Å²) in [5.41, 5.74) is 3.95. The summed E-state index contributed by atoms with van der Waals surface area (Å²) < 4.78 is 3.08. The molecule has 0 saturated carbocycles. The molecule has 0 atom stereocenters. The molecule has 0 N–H and O–H groups in total. The van der Waals surface area contributed by atoms with Crippen LogP contribution in [0.5, 0.6) is 0 Å². The maximum absolute atomic E-state index is 12.6. The largest absolute Gasteiger partial charge is 0.350 e. The van der Waals surface area contributed by atoms with Gasteiger partial charge in [-0.3, -0.25) is 4.79 Å². The lowest BCUT2D eigenvalue weighted by atomic mass is 10.1. The number of aromatic nitrogens is 1. The van der Waals surface area contributed by atoms with Crippen molar-refractivity contribution >= 4 is 38.4 Å². The predicted octanol–water partition coefficient (Wildman–Crippen LogP) is 4.10. The maximum Gasteiger partial charge on any atom is 0.258 e. The smallest absolute Gasteiger partial charge is 0.258 e. The van der Waals surface area contributed by atoms with Gasteiger partial charge in [0.1, 0.15) is 0 Å². The fraction of sp³-hybridized carbons (Fsp3) is 0.118. The van der Waals surface area contributed by atoms with Crippen molar-refractivity contribution in [1.82, 2.24) is 4.57 Å². The van der Waals surface area contributed by atoms with Crippen molar-refractivity contribution < 1.29 is 4.79 Å². The fourth-order valence-corrected chi connectivity index (χ4v) is 3.33. The van der Waals surface area contributed by atoms with Crippen LogP contribution < -0.4 is 4.90 Å². The van der Waals surface area contributed by atoms with Gasteiger partial charge in [0, 0.05) is 34.5 Å². The number of hydrogen-bond acceptors (Lipinski definition) is 1. The van der Waals surface area contributed by atoms with Crippen LogP contribution in [-0.4, -0.2) is 10.5 Å². The average molecular weight is 341 g/mol. The molecule has 104 valence electrons. The summed E-state index contributed by atoms with van der Waals surface area (Å²) in [6.07, 6.45) is 2.03. The van der Waals surface area contributed by atoms with Crippen molar-refractivity contribution in [1.29, 1.82) is 0 Å². The van der Waals surface area contributed by atoms with Gasteiger partial charge in [0.15, 0.2) is 0 Å². The van der Waals surface area contributed by atoms with E-state index in [0.29, 0.717) is 6.54 Å². The van der Waals surface area contributed by atoms with E-state index in [1.807, 2.05) is 42.4 Å². The summed E-state index contributed by atoms with van der Waals surface area (Å²) in [4.78, 5) is 14.4. The Morgan fingerprint density at radius 2 is 1.95 bits per heavy atom. The third-order valence-corrected chi connectivity index (χ3v) is 4.55. The van der Waals surface area contributed by atoms with E-state index in [4.69, 9.17) is 0 Å². The van der Waals surface area contributed by atoms with Crippen LogP contribution >= 0.6 is 15.9 Å². The number of anilines is 1. The molecule has 0 radical (unpaired) electrons. The van der Waals surface area contributed by atoms with Crippen LogP contribution in [-0.2, 0) is 13.6 Å². The van der Waals surface area contributed by atoms with E-state index < -0.39 is 0 Å². The molecule has 0 bridgehead atoms. The first-order valence-corrected chi connectivity index (χ1v) is 7.58. The zero-order valence-electron chi connectivity index (χ0n) is 11.5. The van der Waals surface area contributed by atoms with E-state index in [1.165, 1.54) is 5.39 Å². The first-order valence-electron chi connectivity index (χ1n) is 6.79. The zero-order chi connectivity index (χ0) is 14.6. The Hall–Kier alpha value is -2.07. The molecule has 21 heavy (non-hydrogen) atoms. The standard InChI is InChI=1S/C17H13BrN2O/c1-19-7-6-11-2-4-14(9-16(11)19)20-10-12-8-13(18)3-5-15(12)17(20)21/h2-9H,10H2,1H3. The normalized spacial score (nSPS) is 14.0. The van der Waals surface area contributed by atoms with Gasteiger partial charge < -0.3 is 9.47 Å². The molecule has 1 amide bonds. The minimum Gasteiger partial charge on any atom is -0.350 e. The van der Waals surface area contributed by atoms with Crippen molar-refractivity contribution in [3.05, 3.63) is 64.3 Å². The summed E-state index contributed by atoms with van der Waals surface area (Å²) >= 11 is 3.46. The second kappa shape index (κ2) is 4.46. The molecular formula is C17H13BrN2O. The highest BCUT2D eigenvalue weighted by molar-refractivity contribution is 9.10. The first kappa shape index (κ1) is 12.7. The van der Waals surface area contributed by atoms with Crippen LogP contribution in [0.1, 0.15) is 15.9 Å². The minimum atomic E-state index is 0.0751. The molecule has 4 heteroatoms. The van der Waals surface area contributed by atoms with Gasteiger partial charge in [-0.25, -0.2) is 0 Å². The zero-order valence-corrected chi connectivity index (χ0v) is 13.1. The molecule has 1 aromatic heterocycles. The van der Waals surface area contributed by atoms with E-state index in [-0.39, 0.29) is 5.91 Å². The molecule has 0 aliphatic carbocycles. The molecule has 4 rings (SSSR count). The van der Waals surface area contributed by atoms with E-state index >= 15 is 0 Å². The second-order valence-electron chi connectivity index (χ2n) is 5.36. The molecule has 3 aromatic rings. The number of carbonyl (C=O) groups is 1. The average Bonchev–Trinajstić information content (AvgIpc) is 3.00. The number of nitrogens with zero attached hydrogens (tertiary/aromatic N) is 2. The Bertz CT molecular complexity index is 882. The number of benzene rings is 2. The highest BCUT2D eigenvalue weighted by Gasteiger charge is 2.28. The van der Waals surface area contributed by atoms with Gasteiger partial charge in [-0.2, -0.15) is 0 Å². The van der Waals surface area contributed by atoms with Gasteiger partial charge in [0.05, 0.1) is 6.54 Å². The minimum absolute atomic E-state index is 0.0751. The van der Waals surface area contributed by atoms with Gasteiger partial charge in [-0.1, -0.05) is 22.0 Å². The Balaban J connectivity index is 1.80. The Morgan fingerprint density at radius 3 is 2.81 bits per heavy atom.